The molecule has 0 radical (unpaired) electrons. The number of nitrogens with one attached hydrogen (secondary N) is 1. The average Bonchev–Trinajstić information content (AvgIpc) is 2.15. The van der Waals surface area contributed by atoms with E-state index < -0.39 is 5.97 Å². The van der Waals surface area contributed by atoms with Crippen LogP contribution in [0, 0.1) is 0 Å². The van der Waals surface area contributed by atoms with E-state index in [0.29, 0.717) is 17.8 Å². The van der Waals surface area contributed by atoms with Crippen molar-refractivity contribution in [1.29, 1.82) is 0 Å². The first-order valence-corrected chi connectivity index (χ1v) is 4.48. The largest absolute Gasteiger partial charge is 0.480 e. The number of rotatable bonds is 3. The number of carbonyl (C=O) groups is 1. The van der Waals surface area contributed by atoms with Crippen LogP contribution in [0.4, 0.5) is 0 Å². The zero-order chi connectivity index (χ0) is 10.6. The Bertz CT molecular complexity index is 323. The lowest BCUT2D eigenvalue weighted by Gasteiger charge is -2.07. The average molecular weight is 217 g/mol. The smallest absolute Gasteiger partial charge is 0.322 e. The van der Waals surface area contributed by atoms with Crippen LogP contribution in [0.5, 0.6) is 0 Å². The highest BCUT2D eigenvalue weighted by molar-refractivity contribution is 6.31. The molecule has 0 bridgehead atoms. The highest BCUT2D eigenvalue weighted by Crippen LogP contribution is 2.15. The van der Waals surface area contributed by atoms with Gasteiger partial charge in [0.15, 0.2) is 0 Å². The molecule has 5 nitrogen and oxygen atoms in total. The first-order chi connectivity index (χ1) is 6.61. The van der Waals surface area contributed by atoms with Gasteiger partial charge in [0.1, 0.15) is 17.9 Å². The Morgan fingerprint density at radius 1 is 1.79 bits per heavy atom. The van der Waals surface area contributed by atoms with Crippen molar-refractivity contribution >= 4 is 29.6 Å². The lowest BCUT2D eigenvalue weighted by molar-refractivity contribution is -0.135. The van der Waals surface area contributed by atoms with Gasteiger partial charge in [0.2, 0.25) is 0 Å². The van der Waals surface area contributed by atoms with Crippen molar-refractivity contribution in [3.05, 3.63) is 10.7 Å². The number of halogens is 1. The third-order valence-electron chi connectivity index (χ3n) is 1.72. The van der Waals surface area contributed by atoms with Crippen LogP contribution in [0.15, 0.2) is 15.7 Å². The summed E-state index contributed by atoms with van der Waals surface area (Å²) in [5.74, 6) is -0.624. The lowest BCUT2D eigenvalue weighted by atomic mass is 10.1. The van der Waals surface area contributed by atoms with Crippen LogP contribution in [-0.4, -0.2) is 29.7 Å². The fraction of sp³-hybridized carbons (Fsp3) is 0.375. The van der Waals surface area contributed by atoms with Crippen LogP contribution in [0.1, 0.15) is 12.8 Å². The molecular formula is C8H11ClN3O2+. The molecule has 0 atom stereocenters. The molecule has 0 aliphatic carbocycles. The van der Waals surface area contributed by atoms with Gasteiger partial charge in [0.05, 0.1) is 5.57 Å². The Morgan fingerprint density at radius 3 is 3.07 bits per heavy atom. The van der Waals surface area contributed by atoms with Crippen molar-refractivity contribution in [2.24, 2.45) is 4.99 Å². The van der Waals surface area contributed by atoms with Gasteiger partial charge in [-0.15, -0.1) is 0 Å². The van der Waals surface area contributed by atoms with Crippen molar-refractivity contribution in [2.45, 2.75) is 12.8 Å². The fourth-order valence-corrected chi connectivity index (χ4v) is 1.32. The molecule has 4 N–H and O–H groups in total. The van der Waals surface area contributed by atoms with E-state index in [4.69, 9.17) is 22.1 Å². The summed E-state index contributed by atoms with van der Waals surface area (Å²) in [6, 6.07) is 0. The maximum absolute atomic E-state index is 10.3. The molecule has 1 rings (SSSR count). The van der Waals surface area contributed by atoms with Crippen molar-refractivity contribution in [1.82, 2.24) is 5.32 Å². The number of carboxylic acids is 1. The van der Waals surface area contributed by atoms with E-state index in [1.165, 1.54) is 0 Å². The summed E-state index contributed by atoms with van der Waals surface area (Å²) in [6.07, 6.45) is 3.15. The molecule has 76 valence electrons. The normalized spacial score (nSPS) is 19.4. The summed E-state index contributed by atoms with van der Waals surface area (Å²) in [7, 11) is 0. The van der Waals surface area contributed by atoms with E-state index in [1.807, 2.05) is 0 Å². The quantitative estimate of drug-likeness (QED) is 0.536. The van der Waals surface area contributed by atoms with Gasteiger partial charge in [-0.25, -0.2) is 0 Å². The topological polar surface area (TPSA) is 87.3 Å². The number of hydrogen-bond donors (Lipinski definition) is 3. The lowest BCUT2D eigenvalue weighted by Crippen LogP contribution is -2.41. The van der Waals surface area contributed by atoms with E-state index in [2.05, 4.69) is 10.3 Å². The van der Waals surface area contributed by atoms with Gasteiger partial charge >= 0.3 is 11.8 Å². The van der Waals surface area contributed by atoms with E-state index in [0.717, 1.165) is 6.42 Å². The molecular weight excluding hydrogens is 206 g/mol. The minimum atomic E-state index is -0.971. The predicted molar refractivity (Wildman–Crippen MR) is 53.2 cm³/mol. The molecule has 1 aliphatic heterocycles. The van der Waals surface area contributed by atoms with E-state index in [1.54, 1.807) is 6.21 Å². The first-order valence-electron chi connectivity index (χ1n) is 4.11. The molecule has 6 heteroatoms. The molecule has 0 aromatic heterocycles. The van der Waals surface area contributed by atoms with Gasteiger partial charge in [0, 0.05) is 6.42 Å². The SMILES string of the molecule is [NH2+]=C1N=CCC/C1=C(\Cl)NCC(=O)O. The molecule has 14 heavy (non-hydrogen) atoms. The second-order valence-corrected chi connectivity index (χ2v) is 3.15. The van der Waals surface area contributed by atoms with Gasteiger partial charge in [-0.2, -0.15) is 0 Å². The Labute approximate surface area is 86.0 Å². The van der Waals surface area contributed by atoms with Crippen molar-refractivity contribution in [2.75, 3.05) is 6.54 Å². The predicted octanol–water partition coefficient (Wildman–Crippen LogP) is -0.867. The van der Waals surface area contributed by atoms with E-state index >= 15 is 0 Å². The monoisotopic (exact) mass is 216 g/mol. The number of nitrogens with zero attached hydrogens (tertiary/aromatic N) is 1. The standard InChI is InChI=1S/C8H10ClN3O2/c9-7(12-4-6(13)14)5-2-1-3-11-8(5)10/h3,10,12H,1-2,4H2,(H,13,14)/p+1/b7-5-,10-8?. The molecule has 0 saturated heterocycles. The molecule has 0 aromatic rings. The summed E-state index contributed by atoms with van der Waals surface area (Å²) in [5.41, 5.74) is 0.676. The van der Waals surface area contributed by atoms with Gasteiger partial charge in [0.25, 0.3) is 0 Å². The third-order valence-corrected chi connectivity index (χ3v) is 2.08. The van der Waals surface area contributed by atoms with Crippen molar-refractivity contribution in [3.63, 3.8) is 0 Å². The highest BCUT2D eigenvalue weighted by Gasteiger charge is 2.19. The van der Waals surface area contributed by atoms with Crippen molar-refractivity contribution < 1.29 is 15.3 Å². The molecule has 0 fully saturated rings. The third kappa shape index (κ3) is 2.85. The molecule has 0 unspecified atom stereocenters. The molecule has 1 heterocycles. The van der Waals surface area contributed by atoms with Crippen LogP contribution in [0.25, 0.3) is 0 Å². The van der Waals surface area contributed by atoms with Gasteiger partial charge in [-0.3, -0.25) is 10.2 Å². The van der Waals surface area contributed by atoms with Crippen LogP contribution in [0.2, 0.25) is 0 Å². The number of aliphatic imine (C=N–C) groups is 1. The zero-order valence-electron chi connectivity index (χ0n) is 7.46. The van der Waals surface area contributed by atoms with Gasteiger partial charge in [-0.1, -0.05) is 16.6 Å². The van der Waals surface area contributed by atoms with Crippen molar-refractivity contribution in [3.8, 4) is 0 Å². The minimum Gasteiger partial charge on any atom is -0.480 e. The van der Waals surface area contributed by atoms with Gasteiger partial charge < -0.3 is 10.4 Å². The number of carboxylic acid groups (broad SMARTS) is 1. The van der Waals surface area contributed by atoms with E-state index in [-0.39, 0.29) is 11.7 Å². The second kappa shape index (κ2) is 4.76. The zero-order valence-corrected chi connectivity index (χ0v) is 8.21. The summed E-state index contributed by atoms with van der Waals surface area (Å²) in [5, 5.41) is 16.8. The molecule has 0 saturated carbocycles. The Morgan fingerprint density at radius 2 is 2.50 bits per heavy atom. The summed E-state index contributed by atoms with van der Waals surface area (Å²) < 4.78 is 0. The number of hydrogen-bond acceptors (Lipinski definition) is 2. The summed E-state index contributed by atoms with van der Waals surface area (Å²) >= 11 is 5.83. The molecule has 0 amide bonds. The minimum absolute atomic E-state index is 0.223. The number of aliphatic carboxylic acids is 1. The van der Waals surface area contributed by atoms with Gasteiger partial charge in [-0.05, 0) is 6.42 Å². The Kier molecular flexibility index (Phi) is 3.64. The first kappa shape index (κ1) is 10.7. The van der Waals surface area contributed by atoms with Crippen LogP contribution < -0.4 is 10.7 Å². The summed E-state index contributed by atoms with van der Waals surface area (Å²) in [6.45, 7) is -0.223. The van der Waals surface area contributed by atoms with Crippen LogP contribution in [-0.2, 0) is 4.79 Å². The maximum Gasteiger partial charge on any atom is 0.322 e. The second-order valence-electron chi connectivity index (χ2n) is 2.78. The highest BCUT2D eigenvalue weighted by atomic mass is 35.5. The molecule has 0 aromatic carbocycles. The summed E-state index contributed by atoms with van der Waals surface area (Å²) in [4.78, 5) is 14.2. The Balaban J connectivity index is 2.67. The van der Waals surface area contributed by atoms with Crippen LogP contribution in [0.3, 0.4) is 0 Å². The molecule has 0 spiro atoms. The van der Waals surface area contributed by atoms with Crippen LogP contribution >= 0.6 is 11.6 Å². The Hall–Kier alpha value is -1.36. The fourth-order valence-electron chi connectivity index (χ4n) is 1.06. The molecule has 1 aliphatic rings. The van der Waals surface area contributed by atoms with E-state index in [9.17, 15) is 4.79 Å². The number of nitrogens with two attached hydrogens (primary N) is 1. The number of amidine groups is 1. The maximum atomic E-state index is 10.3.